The third-order valence-electron chi connectivity index (χ3n) is 2.54. The predicted octanol–water partition coefficient (Wildman–Crippen LogP) is 3.33. The van der Waals surface area contributed by atoms with Gasteiger partial charge in [-0.25, -0.2) is 4.39 Å². The van der Waals surface area contributed by atoms with Crippen molar-refractivity contribution >= 4 is 0 Å². The predicted molar refractivity (Wildman–Crippen MR) is 52.0 cm³/mol. The summed E-state index contributed by atoms with van der Waals surface area (Å²) >= 11 is 0. The SMILES string of the molecule is Fc1ccc(CC2CC=CC2)cc1. The molecule has 1 aliphatic carbocycles. The van der Waals surface area contributed by atoms with Gasteiger partial charge in [0.25, 0.3) is 0 Å². The average molecular weight is 176 g/mol. The van der Waals surface area contributed by atoms with Gasteiger partial charge in [0.15, 0.2) is 0 Å². The Morgan fingerprint density at radius 2 is 1.69 bits per heavy atom. The summed E-state index contributed by atoms with van der Waals surface area (Å²) in [6.07, 6.45) is 7.89. The van der Waals surface area contributed by atoms with E-state index in [9.17, 15) is 4.39 Å². The minimum absolute atomic E-state index is 0.145. The molecule has 0 amide bonds. The van der Waals surface area contributed by atoms with E-state index in [2.05, 4.69) is 12.2 Å². The molecule has 1 aromatic rings. The van der Waals surface area contributed by atoms with Crippen LogP contribution in [0.15, 0.2) is 36.4 Å². The highest BCUT2D eigenvalue weighted by molar-refractivity contribution is 5.17. The summed E-state index contributed by atoms with van der Waals surface area (Å²) in [4.78, 5) is 0. The monoisotopic (exact) mass is 176 g/mol. The van der Waals surface area contributed by atoms with Crippen molar-refractivity contribution in [2.24, 2.45) is 5.92 Å². The van der Waals surface area contributed by atoms with Crippen LogP contribution in [0.3, 0.4) is 0 Å². The van der Waals surface area contributed by atoms with Crippen molar-refractivity contribution in [2.45, 2.75) is 19.3 Å². The molecule has 68 valence electrons. The zero-order valence-electron chi connectivity index (χ0n) is 7.54. The molecule has 0 atom stereocenters. The van der Waals surface area contributed by atoms with Crippen LogP contribution in [-0.2, 0) is 6.42 Å². The molecule has 0 saturated carbocycles. The molecule has 0 nitrogen and oxygen atoms in total. The lowest BCUT2D eigenvalue weighted by Gasteiger charge is -2.08. The summed E-state index contributed by atoms with van der Waals surface area (Å²) in [5.74, 6) is 0.596. The van der Waals surface area contributed by atoms with Crippen LogP contribution >= 0.6 is 0 Å². The van der Waals surface area contributed by atoms with Crippen molar-refractivity contribution in [2.75, 3.05) is 0 Å². The van der Waals surface area contributed by atoms with Gasteiger partial charge in [-0.1, -0.05) is 24.3 Å². The van der Waals surface area contributed by atoms with Gasteiger partial charge in [0.2, 0.25) is 0 Å². The maximum absolute atomic E-state index is 12.6. The molecular formula is C12H13F. The Hall–Kier alpha value is -1.11. The van der Waals surface area contributed by atoms with Gasteiger partial charge < -0.3 is 0 Å². The van der Waals surface area contributed by atoms with Gasteiger partial charge in [-0.05, 0) is 42.9 Å². The summed E-state index contributed by atoms with van der Waals surface area (Å²) in [6, 6.07) is 6.84. The zero-order valence-corrected chi connectivity index (χ0v) is 7.54. The third-order valence-corrected chi connectivity index (χ3v) is 2.54. The van der Waals surface area contributed by atoms with Gasteiger partial charge in [0, 0.05) is 0 Å². The standard InChI is InChI=1S/C12H13F/c13-12-7-5-11(6-8-12)9-10-3-1-2-4-10/h1-2,5-8,10H,3-4,9H2. The van der Waals surface area contributed by atoms with Crippen molar-refractivity contribution in [3.05, 3.63) is 47.8 Å². The van der Waals surface area contributed by atoms with Gasteiger partial charge in [-0.15, -0.1) is 0 Å². The Bertz CT molecular complexity index is 289. The van der Waals surface area contributed by atoms with E-state index in [4.69, 9.17) is 0 Å². The summed E-state index contributed by atoms with van der Waals surface area (Å²) in [5.41, 5.74) is 1.25. The molecule has 0 N–H and O–H groups in total. The Morgan fingerprint density at radius 3 is 2.31 bits per heavy atom. The highest BCUT2D eigenvalue weighted by atomic mass is 19.1. The van der Waals surface area contributed by atoms with E-state index in [1.807, 2.05) is 12.1 Å². The molecule has 1 aromatic carbocycles. The first-order chi connectivity index (χ1) is 6.34. The van der Waals surface area contributed by atoms with Gasteiger partial charge in [0.05, 0.1) is 0 Å². The van der Waals surface area contributed by atoms with Gasteiger partial charge in [-0.2, -0.15) is 0 Å². The molecule has 0 bridgehead atoms. The second-order valence-electron chi connectivity index (χ2n) is 3.64. The second kappa shape index (κ2) is 3.73. The normalized spacial score (nSPS) is 16.7. The van der Waals surface area contributed by atoms with Crippen molar-refractivity contribution in [3.8, 4) is 0 Å². The smallest absolute Gasteiger partial charge is 0.123 e. The van der Waals surface area contributed by atoms with E-state index in [0.29, 0.717) is 0 Å². The number of halogens is 1. The molecule has 0 radical (unpaired) electrons. The number of hydrogen-bond acceptors (Lipinski definition) is 0. The van der Waals surface area contributed by atoms with E-state index >= 15 is 0 Å². The molecule has 0 unspecified atom stereocenters. The minimum Gasteiger partial charge on any atom is -0.207 e. The highest BCUT2D eigenvalue weighted by Crippen LogP contribution is 2.22. The summed E-state index contributed by atoms with van der Waals surface area (Å²) in [7, 11) is 0. The summed E-state index contributed by atoms with van der Waals surface area (Å²) in [5, 5.41) is 0. The first-order valence-corrected chi connectivity index (χ1v) is 4.74. The Labute approximate surface area is 78.1 Å². The molecule has 0 fully saturated rings. The van der Waals surface area contributed by atoms with Crippen molar-refractivity contribution in [3.63, 3.8) is 0 Å². The fourth-order valence-corrected chi connectivity index (χ4v) is 1.79. The van der Waals surface area contributed by atoms with Crippen LogP contribution in [0.5, 0.6) is 0 Å². The lowest BCUT2D eigenvalue weighted by molar-refractivity contribution is 0.565. The Kier molecular flexibility index (Phi) is 2.44. The Morgan fingerprint density at radius 1 is 1.08 bits per heavy atom. The first kappa shape index (κ1) is 8.49. The fourth-order valence-electron chi connectivity index (χ4n) is 1.79. The largest absolute Gasteiger partial charge is 0.207 e. The van der Waals surface area contributed by atoms with Crippen molar-refractivity contribution in [1.29, 1.82) is 0 Å². The van der Waals surface area contributed by atoms with Crippen LogP contribution in [0.1, 0.15) is 18.4 Å². The van der Waals surface area contributed by atoms with Crippen LogP contribution in [-0.4, -0.2) is 0 Å². The van der Waals surface area contributed by atoms with E-state index in [0.717, 1.165) is 12.3 Å². The molecule has 0 spiro atoms. The molecule has 1 aliphatic rings. The minimum atomic E-state index is -0.145. The van der Waals surface area contributed by atoms with Crippen LogP contribution in [0.2, 0.25) is 0 Å². The lowest BCUT2D eigenvalue weighted by Crippen LogP contribution is -1.98. The summed E-state index contributed by atoms with van der Waals surface area (Å²) < 4.78 is 12.6. The molecule has 2 rings (SSSR count). The van der Waals surface area contributed by atoms with Crippen LogP contribution in [0.25, 0.3) is 0 Å². The maximum atomic E-state index is 12.6. The van der Waals surface area contributed by atoms with Crippen LogP contribution in [0.4, 0.5) is 4.39 Å². The summed E-state index contributed by atoms with van der Waals surface area (Å²) in [6.45, 7) is 0. The molecule has 0 aliphatic heterocycles. The van der Waals surface area contributed by atoms with Gasteiger partial charge in [0.1, 0.15) is 5.82 Å². The fraction of sp³-hybridized carbons (Fsp3) is 0.333. The molecule has 0 heterocycles. The topological polar surface area (TPSA) is 0 Å². The number of benzene rings is 1. The van der Waals surface area contributed by atoms with E-state index in [1.165, 1.54) is 30.5 Å². The number of hydrogen-bond donors (Lipinski definition) is 0. The molecule has 13 heavy (non-hydrogen) atoms. The molecule has 0 saturated heterocycles. The quantitative estimate of drug-likeness (QED) is 0.606. The first-order valence-electron chi connectivity index (χ1n) is 4.74. The lowest BCUT2D eigenvalue weighted by atomic mass is 9.97. The van der Waals surface area contributed by atoms with E-state index in [1.54, 1.807) is 0 Å². The van der Waals surface area contributed by atoms with Gasteiger partial charge >= 0.3 is 0 Å². The van der Waals surface area contributed by atoms with Gasteiger partial charge in [-0.3, -0.25) is 0 Å². The highest BCUT2D eigenvalue weighted by Gasteiger charge is 2.10. The van der Waals surface area contributed by atoms with E-state index < -0.39 is 0 Å². The zero-order chi connectivity index (χ0) is 9.10. The number of allylic oxidation sites excluding steroid dienone is 2. The average Bonchev–Trinajstić information content (AvgIpc) is 2.62. The van der Waals surface area contributed by atoms with E-state index in [-0.39, 0.29) is 5.82 Å². The van der Waals surface area contributed by atoms with Crippen molar-refractivity contribution < 1.29 is 4.39 Å². The molecular weight excluding hydrogens is 163 g/mol. The third kappa shape index (κ3) is 2.18. The van der Waals surface area contributed by atoms with Crippen LogP contribution < -0.4 is 0 Å². The Balaban J connectivity index is 1.97. The molecule has 1 heteroatoms. The van der Waals surface area contributed by atoms with Crippen molar-refractivity contribution in [1.82, 2.24) is 0 Å². The molecule has 0 aromatic heterocycles. The number of rotatable bonds is 2. The second-order valence-corrected chi connectivity index (χ2v) is 3.64. The van der Waals surface area contributed by atoms with Crippen LogP contribution in [0, 0.1) is 11.7 Å². The maximum Gasteiger partial charge on any atom is 0.123 e.